The molecule has 1 atom stereocenters. The van der Waals surface area contributed by atoms with Crippen LogP contribution in [0, 0.1) is 11.6 Å². The number of carbonyl (C=O) groups excluding carboxylic acids is 1. The summed E-state index contributed by atoms with van der Waals surface area (Å²) in [6, 6.07) is 2.90. The van der Waals surface area contributed by atoms with Gasteiger partial charge in [-0.1, -0.05) is 0 Å². The van der Waals surface area contributed by atoms with Gasteiger partial charge in [-0.15, -0.1) is 0 Å². The Kier molecular flexibility index (Phi) is 3.04. The molecule has 3 nitrogen and oxygen atoms in total. The number of nitrogens with one attached hydrogen (secondary N) is 1. The summed E-state index contributed by atoms with van der Waals surface area (Å²) < 4.78 is 26.3. The predicted molar refractivity (Wildman–Crippen MR) is 52.0 cm³/mol. The minimum Gasteiger partial charge on any atom is -0.368 e. The maximum absolute atomic E-state index is 13.4. The number of likely N-dealkylation sites (N-methyl/N-ethyl adjacent to an activating group) is 1. The standard InChI is InChI=1S/C10H12F2N2O/c1-10(14-2,9(13)15)7-5-6(11)3-4-8(7)12/h3-5,14H,1-2H3,(H2,13,15). The molecule has 0 heterocycles. The smallest absolute Gasteiger partial charge is 0.242 e. The lowest BCUT2D eigenvalue weighted by molar-refractivity contribution is -0.124. The van der Waals surface area contributed by atoms with Gasteiger partial charge in [-0.2, -0.15) is 0 Å². The molecule has 1 aromatic carbocycles. The van der Waals surface area contributed by atoms with E-state index in [1.54, 1.807) is 0 Å². The fraction of sp³-hybridized carbons (Fsp3) is 0.300. The van der Waals surface area contributed by atoms with Gasteiger partial charge in [0.05, 0.1) is 0 Å². The van der Waals surface area contributed by atoms with Crippen LogP contribution < -0.4 is 11.1 Å². The topological polar surface area (TPSA) is 55.1 Å². The zero-order valence-corrected chi connectivity index (χ0v) is 8.47. The Hall–Kier alpha value is -1.49. The minimum absolute atomic E-state index is 0.0995. The molecule has 15 heavy (non-hydrogen) atoms. The van der Waals surface area contributed by atoms with Crippen molar-refractivity contribution in [2.24, 2.45) is 5.73 Å². The Morgan fingerprint density at radius 1 is 1.47 bits per heavy atom. The predicted octanol–water partition coefficient (Wildman–Crippen LogP) is 0.885. The van der Waals surface area contributed by atoms with E-state index < -0.39 is 23.1 Å². The van der Waals surface area contributed by atoms with Crippen LogP contribution in [0.25, 0.3) is 0 Å². The molecule has 0 aromatic heterocycles. The molecule has 82 valence electrons. The van der Waals surface area contributed by atoms with Crippen molar-refractivity contribution >= 4 is 5.91 Å². The molecule has 0 saturated carbocycles. The first kappa shape index (κ1) is 11.6. The molecular weight excluding hydrogens is 202 g/mol. The second kappa shape index (κ2) is 3.94. The van der Waals surface area contributed by atoms with E-state index in [1.807, 2.05) is 0 Å². The second-order valence-electron chi connectivity index (χ2n) is 3.36. The van der Waals surface area contributed by atoms with Crippen molar-refractivity contribution in [3.63, 3.8) is 0 Å². The van der Waals surface area contributed by atoms with E-state index in [9.17, 15) is 13.6 Å². The molecule has 1 unspecified atom stereocenters. The number of amides is 1. The molecule has 0 aliphatic rings. The van der Waals surface area contributed by atoms with Crippen molar-refractivity contribution in [2.75, 3.05) is 7.05 Å². The van der Waals surface area contributed by atoms with Crippen LogP contribution in [0.1, 0.15) is 12.5 Å². The Labute approximate surface area is 86.3 Å². The lowest BCUT2D eigenvalue weighted by atomic mass is 9.91. The highest BCUT2D eigenvalue weighted by Gasteiger charge is 2.34. The summed E-state index contributed by atoms with van der Waals surface area (Å²) >= 11 is 0. The van der Waals surface area contributed by atoms with E-state index in [1.165, 1.54) is 14.0 Å². The molecular formula is C10H12F2N2O. The lowest BCUT2D eigenvalue weighted by Crippen LogP contribution is -2.49. The van der Waals surface area contributed by atoms with E-state index in [0.29, 0.717) is 0 Å². The molecule has 1 aromatic rings. The van der Waals surface area contributed by atoms with Crippen LogP contribution in [0.3, 0.4) is 0 Å². The van der Waals surface area contributed by atoms with E-state index in [4.69, 9.17) is 5.73 Å². The number of rotatable bonds is 3. The first-order valence-electron chi connectivity index (χ1n) is 4.36. The monoisotopic (exact) mass is 214 g/mol. The van der Waals surface area contributed by atoms with Crippen molar-refractivity contribution in [1.29, 1.82) is 0 Å². The van der Waals surface area contributed by atoms with Crippen LogP contribution in [0.15, 0.2) is 18.2 Å². The second-order valence-corrected chi connectivity index (χ2v) is 3.36. The summed E-state index contributed by atoms with van der Waals surface area (Å²) in [5.74, 6) is -2.06. The highest BCUT2D eigenvalue weighted by molar-refractivity contribution is 5.85. The normalized spacial score (nSPS) is 14.7. The number of hydrogen-bond donors (Lipinski definition) is 2. The van der Waals surface area contributed by atoms with Crippen LogP contribution in [0.5, 0.6) is 0 Å². The fourth-order valence-corrected chi connectivity index (χ4v) is 1.27. The van der Waals surface area contributed by atoms with E-state index >= 15 is 0 Å². The third kappa shape index (κ3) is 1.97. The van der Waals surface area contributed by atoms with Crippen LogP contribution in [-0.2, 0) is 10.3 Å². The van der Waals surface area contributed by atoms with Crippen molar-refractivity contribution in [2.45, 2.75) is 12.5 Å². The molecule has 0 fully saturated rings. The largest absolute Gasteiger partial charge is 0.368 e. The maximum Gasteiger partial charge on any atom is 0.242 e. The Morgan fingerprint density at radius 2 is 2.07 bits per heavy atom. The van der Waals surface area contributed by atoms with Gasteiger partial charge in [0.1, 0.15) is 17.2 Å². The van der Waals surface area contributed by atoms with Gasteiger partial charge in [0.2, 0.25) is 5.91 Å². The molecule has 1 rings (SSSR count). The van der Waals surface area contributed by atoms with E-state index in [2.05, 4.69) is 5.32 Å². The van der Waals surface area contributed by atoms with Crippen LogP contribution >= 0.6 is 0 Å². The minimum atomic E-state index is -1.41. The average Bonchev–Trinajstić information content (AvgIpc) is 2.20. The molecule has 5 heteroatoms. The van der Waals surface area contributed by atoms with Crippen LogP contribution in [0.4, 0.5) is 8.78 Å². The van der Waals surface area contributed by atoms with Crippen molar-refractivity contribution in [3.05, 3.63) is 35.4 Å². The number of benzene rings is 1. The van der Waals surface area contributed by atoms with Gasteiger partial charge in [0.25, 0.3) is 0 Å². The number of halogens is 2. The number of carbonyl (C=O) groups is 1. The van der Waals surface area contributed by atoms with Crippen LogP contribution in [0.2, 0.25) is 0 Å². The molecule has 0 aliphatic carbocycles. The first-order valence-corrected chi connectivity index (χ1v) is 4.36. The Bertz CT molecular complexity index is 395. The maximum atomic E-state index is 13.4. The molecule has 1 amide bonds. The Morgan fingerprint density at radius 3 is 2.53 bits per heavy atom. The van der Waals surface area contributed by atoms with Crippen molar-refractivity contribution in [3.8, 4) is 0 Å². The third-order valence-electron chi connectivity index (χ3n) is 2.46. The number of hydrogen-bond acceptors (Lipinski definition) is 2. The average molecular weight is 214 g/mol. The summed E-state index contributed by atoms with van der Waals surface area (Å²) in [5, 5.41) is 2.58. The molecule has 0 radical (unpaired) electrons. The SMILES string of the molecule is CNC(C)(C(N)=O)c1cc(F)ccc1F. The molecule has 0 bridgehead atoms. The van der Waals surface area contributed by atoms with Gasteiger partial charge in [-0.3, -0.25) is 4.79 Å². The fourth-order valence-electron chi connectivity index (χ4n) is 1.27. The van der Waals surface area contributed by atoms with Gasteiger partial charge >= 0.3 is 0 Å². The summed E-state index contributed by atoms with van der Waals surface area (Å²) in [6.45, 7) is 1.40. The lowest BCUT2D eigenvalue weighted by Gasteiger charge is -2.26. The van der Waals surface area contributed by atoms with Gasteiger partial charge in [0, 0.05) is 5.56 Å². The quantitative estimate of drug-likeness (QED) is 0.785. The van der Waals surface area contributed by atoms with Crippen molar-refractivity contribution < 1.29 is 13.6 Å². The van der Waals surface area contributed by atoms with Gasteiger partial charge in [-0.25, -0.2) is 8.78 Å². The zero-order valence-electron chi connectivity index (χ0n) is 8.47. The Balaban J connectivity index is 3.35. The van der Waals surface area contributed by atoms with Crippen molar-refractivity contribution in [1.82, 2.24) is 5.32 Å². The number of primary amides is 1. The van der Waals surface area contributed by atoms with E-state index in [-0.39, 0.29) is 5.56 Å². The summed E-state index contributed by atoms with van der Waals surface area (Å²) in [7, 11) is 1.45. The van der Waals surface area contributed by atoms with Crippen LogP contribution in [-0.4, -0.2) is 13.0 Å². The summed E-state index contributed by atoms with van der Waals surface area (Å²) in [5.41, 5.74) is 3.63. The highest BCUT2D eigenvalue weighted by Crippen LogP contribution is 2.23. The first-order chi connectivity index (χ1) is 6.91. The molecule has 0 aliphatic heterocycles. The molecule has 0 spiro atoms. The highest BCUT2D eigenvalue weighted by atomic mass is 19.1. The zero-order chi connectivity index (χ0) is 11.6. The van der Waals surface area contributed by atoms with Gasteiger partial charge < -0.3 is 11.1 Å². The molecule has 0 saturated heterocycles. The van der Waals surface area contributed by atoms with Gasteiger partial charge in [0.15, 0.2) is 0 Å². The molecule has 3 N–H and O–H groups in total. The van der Waals surface area contributed by atoms with E-state index in [0.717, 1.165) is 18.2 Å². The third-order valence-corrected chi connectivity index (χ3v) is 2.46. The van der Waals surface area contributed by atoms with Gasteiger partial charge in [-0.05, 0) is 32.2 Å². The summed E-state index contributed by atoms with van der Waals surface area (Å²) in [4.78, 5) is 11.2. The summed E-state index contributed by atoms with van der Waals surface area (Å²) in [6.07, 6.45) is 0. The number of nitrogens with two attached hydrogens (primary N) is 1.